The first-order valence-corrected chi connectivity index (χ1v) is 5.18. The van der Waals surface area contributed by atoms with E-state index < -0.39 is 0 Å². The SMILES string of the molecule is CCC1CNCC(CC)N(C)C1. The van der Waals surface area contributed by atoms with Gasteiger partial charge >= 0.3 is 0 Å². The number of rotatable bonds is 2. The molecule has 0 amide bonds. The minimum Gasteiger partial charge on any atom is -0.315 e. The van der Waals surface area contributed by atoms with Crippen LogP contribution in [0, 0.1) is 5.92 Å². The highest BCUT2D eigenvalue weighted by Gasteiger charge is 2.20. The minimum absolute atomic E-state index is 0.751. The van der Waals surface area contributed by atoms with Gasteiger partial charge in [-0.15, -0.1) is 0 Å². The maximum absolute atomic E-state index is 3.54. The van der Waals surface area contributed by atoms with Gasteiger partial charge in [0.1, 0.15) is 0 Å². The van der Waals surface area contributed by atoms with E-state index >= 15 is 0 Å². The molecule has 2 unspecified atom stereocenters. The molecular weight excluding hydrogens is 148 g/mol. The smallest absolute Gasteiger partial charge is 0.0215 e. The molecule has 1 saturated heterocycles. The lowest BCUT2D eigenvalue weighted by molar-refractivity contribution is 0.226. The summed E-state index contributed by atoms with van der Waals surface area (Å²) in [6.45, 7) is 8.20. The fourth-order valence-corrected chi connectivity index (χ4v) is 1.96. The van der Waals surface area contributed by atoms with E-state index in [2.05, 4.69) is 31.1 Å². The normalized spacial score (nSPS) is 33.2. The quantitative estimate of drug-likeness (QED) is 0.672. The van der Waals surface area contributed by atoms with Crippen LogP contribution in [0.4, 0.5) is 0 Å². The van der Waals surface area contributed by atoms with Crippen LogP contribution >= 0.6 is 0 Å². The summed E-state index contributed by atoms with van der Waals surface area (Å²) in [5.74, 6) is 0.853. The lowest BCUT2D eigenvalue weighted by Crippen LogP contribution is -2.36. The van der Waals surface area contributed by atoms with Crippen LogP contribution < -0.4 is 5.32 Å². The highest BCUT2D eigenvalue weighted by molar-refractivity contribution is 4.78. The third-order valence-electron chi connectivity index (χ3n) is 3.03. The van der Waals surface area contributed by atoms with Crippen molar-refractivity contribution < 1.29 is 0 Å². The molecule has 1 heterocycles. The van der Waals surface area contributed by atoms with Crippen LogP contribution in [0.1, 0.15) is 26.7 Å². The van der Waals surface area contributed by atoms with E-state index in [1.54, 1.807) is 0 Å². The Hall–Kier alpha value is -0.0800. The third kappa shape index (κ3) is 2.46. The first kappa shape index (κ1) is 10.0. The summed E-state index contributed by atoms with van der Waals surface area (Å²) in [6.07, 6.45) is 2.56. The number of nitrogens with one attached hydrogen (secondary N) is 1. The molecule has 72 valence electrons. The molecule has 0 radical (unpaired) electrons. The van der Waals surface area contributed by atoms with Crippen molar-refractivity contribution in [2.24, 2.45) is 5.92 Å². The molecule has 0 saturated carbocycles. The maximum atomic E-state index is 3.54. The van der Waals surface area contributed by atoms with Crippen LogP contribution in [-0.4, -0.2) is 37.6 Å². The van der Waals surface area contributed by atoms with E-state index in [1.807, 2.05) is 0 Å². The molecule has 12 heavy (non-hydrogen) atoms. The van der Waals surface area contributed by atoms with Gasteiger partial charge in [0.25, 0.3) is 0 Å². The molecule has 0 spiro atoms. The van der Waals surface area contributed by atoms with Crippen LogP contribution in [0.25, 0.3) is 0 Å². The van der Waals surface area contributed by atoms with Crippen molar-refractivity contribution in [3.63, 3.8) is 0 Å². The Labute approximate surface area is 76.3 Å². The van der Waals surface area contributed by atoms with Crippen molar-refractivity contribution in [1.29, 1.82) is 0 Å². The summed E-state index contributed by atoms with van der Waals surface area (Å²) < 4.78 is 0. The number of hydrogen-bond donors (Lipinski definition) is 1. The average Bonchev–Trinajstić information content (AvgIpc) is 2.26. The van der Waals surface area contributed by atoms with Crippen molar-refractivity contribution in [3.05, 3.63) is 0 Å². The van der Waals surface area contributed by atoms with Crippen molar-refractivity contribution in [2.75, 3.05) is 26.7 Å². The summed E-state index contributed by atoms with van der Waals surface area (Å²) in [5.41, 5.74) is 0. The molecule has 1 aliphatic rings. The standard InChI is InChI=1S/C10H22N2/c1-4-9-6-11-7-10(5-2)12(3)8-9/h9-11H,4-8H2,1-3H3. The van der Waals surface area contributed by atoms with Crippen molar-refractivity contribution >= 4 is 0 Å². The number of likely N-dealkylation sites (N-methyl/N-ethyl adjacent to an activating group) is 1. The molecule has 1 aliphatic heterocycles. The Bertz CT molecular complexity index is 125. The average molecular weight is 170 g/mol. The zero-order valence-electron chi connectivity index (χ0n) is 8.64. The predicted molar refractivity (Wildman–Crippen MR) is 53.4 cm³/mol. The maximum Gasteiger partial charge on any atom is 0.0215 e. The summed E-state index contributed by atoms with van der Waals surface area (Å²) in [4.78, 5) is 2.51. The highest BCUT2D eigenvalue weighted by Crippen LogP contribution is 2.11. The van der Waals surface area contributed by atoms with E-state index in [0.29, 0.717) is 0 Å². The van der Waals surface area contributed by atoms with Gasteiger partial charge in [-0.05, 0) is 25.9 Å². The van der Waals surface area contributed by atoms with E-state index in [1.165, 1.54) is 32.5 Å². The van der Waals surface area contributed by atoms with Crippen LogP contribution in [0.3, 0.4) is 0 Å². The van der Waals surface area contributed by atoms with E-state index in [4.69, 9.17) is 0 Å². The van der Waals surface area contributed by atoms with Crippen LogP contribution in [0.5, 0.6) is 0 Å². The molecule has 1 N–H and O–H groups in total. The molecule has 2 nitrogen and oxygen atoms in total. The van der Waals surface area contributed by atoms with Gasteiger partial charge in [-0.2, -0.15) is 0 Å². The van der Waals surface area contributed by atoms with E-state index in [-0.39, 0.29) is 0 Å². The molecule has 1 fully saturated rings. The van der Waals surface area contributed by atoms with Gasteiger partial charge < -0.3 is 10.2 Å². The first-order valence-electron chi connectivity index (χ1n) is 5.18. The Morgan fingerprint density at radius 3 is 2.58 bits per heavy atom. The molecule has 2 atom stereocenters. The largest absolute Gasteiger partial charge is 0.315 e. The van der Waals surface area contributed by atoms with Gasteiger partial charge in [0.2, 0.25) is 0 Å². The van der Waals surface area contributed by atoms with Gasteiger partial charge in [0.15, 0.2) is 0 Å². The molecule has 1 rings (SSSR count). The fourth-order valence-electron chi connectivity index (χ4n) is 1.96. The Morgan fingerprint density at radius 2 is 2.00 bits per heavy atom. The minimum atomic E-state index is 0.751. The fraction of sp³-hybridized carbons (Fsp3) is 1.00. The van der Waals surface area contributed by atoms with Gasteiger partial charge in [0, 0.05) is 19.1 Å². The van der Waals surface area contributed by atoms with E-state index in [9.17, 15) is 0 Å². The summed E-state index contributed by atoms with van der Waals surface area (Å²) in [5, 5.41) is 3.54. The van der Waals surface area contributed by atoms with Crippen molar-refractivity contribution in [3.8, 4) is 0 Å². The van der Waals surface area contributed by atoms with Gasteiger partial charge in [0.05, 0.1) is 0 Å². The number of nitrogens with zero attached hydrogens (tertiary/aromatic N) is 1. The second kappa shape index (κ2) is 4.83. The van der Waals surface area contributed by atoms with Gasteiger partial charge in [-0.25, -0.2) is 0 Å². The van der Waals surface area contributed by atoms with Crippen LogP contribution in [0.2, 0.25) is 0 Å². The van der Waals surface area contributed by atoms with Gasteiger partial charge in [-0.3, -0.25) is 0 Å². The topological polar surface area (TPSA) is 15.3 Å². The molecule has 2 heteroatoms. The van der Waals surface area contributed by atoms with Crippen LogP contribution in [0.15, 0.2) is 0 Å². The second-order valence-electron chi connectivity index (χ2n) is 3.93. The lowest BCUT2D eigenvalue weighted by Gasteiger charge is -2.25. The zero-order valence-corrected chi connectivity index (χ0v) is 8.64. The first-order chi connectivity index (χ1) is 5.77. The van der Waals surface area contributed by atoms with E-state index in [0.717, 1.165) is 12.0 Å². The highest BCUT2D eigenvalue weighted by atomic mass is 15.2. The summed E-state index contributed by atoms with van der Waals surface area (Å²) in [7, 11) is 2.25. The number of hydrogen-bond acceptors (Lipinski definition) is 2. The summed E-state index contributed by atoms with van der Waals surface area (Å²) in [6, 6.07) is 0.751. The lowest BCUT2D eigenvalue weighted by atomic mass is 10.1. The molecule has 0 aromatic carbocycles. The molecular formula is C10H22N2. The molecule has 0 bridgehead atoms. The zero-order chi connectivity index (χ0) is 8.97. The Balaban J connectivity index is 2.44. The van der Waals surface area contributed by atoms with Crippen molar-refractivity contribution in [2.45, 2.75) is 32.7 Å². The molecule has 0 aromatic rings. The molecule has 0 aliphatic carbocycles. The Morgan fingerprint density at radius 1 is 1.25 bits per heavy atom. The molecule has 0 aromatic heterocycles. The monoisotopic (exact) mass is 170 g/mol. The van der Waals surface area contributed by atoms with Gasteiger partial charge in [-0.1, -0.05) is 20.3 Å². The third-order valence-corrected chi connectivity index (χ3v) is 3.03. The predicted octanol–water partition coefficient (Wildman–Crippen LogP) is 1.33. The second-order valence-corrected chi connectivity index (χ2v) is 3.93. The van der Waals surface area contributed by atoms with Crippen LogP contribution in [-0.2, 0) is 0 Å². The summed E-state index contributed by atoms with van der Waals surface area (Å²) >= 11 is 0. The Kier molecular flexibility index (Phi) is 4.02. The van der Waals surface area contributed by atoms with Crippen molar-refractivity contribution in [1.82, 2.24) is 10.2 Å².